The molecule has 0 amide bonds. The summed E-state index contributed by atoms with van der Waals surface area (Å²) in [6.45, 7) is 2.63. The molecule has 4 heteroatoms. The number of hydrogen-bond acceptors (Lipinski definition) is 3. The van der Waals surface area contributed by atoms with Crippen LogP contribution in [-0.4, -0.2) is 21.2 Å². The van der Waals surface area contributed by atoms with E-state index in [-0.39, 0.29) is 5.88 Å². The average molecular weight is 139 g/mol. The van der Waals surface area contributed by atoms with Crippen LogP contribution in [0.15, 0.2) is 6.20 Å². The van der Waals surface area contributed by atoms with Gasteiger partial charge >= 0.3 is 0 Å². The molecule has 0 spiro atoms. The van der Waals surface area contributed by atoms with Crippen molar-refractivity contribution in [3.05, 3.63) is 12.0 Å². The van der Waals surface area contributed by atoms with E-state index in [1.807, 2.05) is 4.57 Å². The van der Waals surface area contributed by atoms with Crippen LogP contribution in [0.2, 0.25) is 0 Å². The lowest BCUT2D eigenvalue weighted by Gasteiger charge is -2.13. The van der Waals surface area contributed by atoms with Crippen molar-refractivity contribution in [3.8, 4) is 5.88 Å². The van der Waals surface area contributed by atoms with E-state index in [0.29, 0.717) is 0 Å². The van der Waals surface area contributed by atoms with Crippen LogP contribution in [0.5, 0.6) is 5.88 Å². The Morgan fingerprint density at radius 3 is 3.40 bits per heavy atom. The van der Waals surface area contributed by atoms with Gasteiger partial charge in [-0.05, 0) is 0 Å². The van der Waals surface area contributed by atoms with Crippen molar-refractivity contribution < 1.29 is 5.11 Å². The molecule has 0 unspecified atom stereocenters. The van der Waals surface area contributed by atoms with Crippen molar-refractivity contribution in [1.29, 1.82) is 0 Å². The Labute approximate surface area is 58.5 Å². The van der Waals surface area contributed by atoms with Gasteiger partial charge in [-0.25, -0.2) is 0 Å². The summed E-state index contributed by atoms with van der Waals surface area (Å²) in [5, 5.41) is 12.1. The standard InChI is InChI=1S/C6H9N3O/c10-6-4-9-2-1-7-3-5(9)8-6/h4,7,10H,1-3H2. The van der Waals surface area contributed by atoms with E-state index in [1.165, 1.54) is 0 Å². The highest BCUT2D eigenvalue weighted by Crippen LogP contribution is 2.10. The zero-order chi connectivity index (χ0) is 6.97. The van der Waals surface area contributed by atoms with Crippen molar-refractivity contribution >= 4 is 0 Å². The minimum atomic E-state index is 0.124. The third-order valence-electron chi connectivity index (χ3n) is 1.66. The first kappa shape index (κ1) is 5.73. The predicted octanol–water partition coefficient (Wildman–Crippen LogP) is -0.308. The maximum Gasteiger partial charge on any atom is 0.229 e. The number of hydrogen-bond donors (Lipinski definition) is 2. The van der Waals surface area contributed by atoms with Crippen LogP contribution >= 0.6 is 0 Å². The Balaban J connectivity index is 2.41. The van der Waals surface area contributed by atoms with Crippen molar-refractivity contribution in [2.45, 2.75) is 13.1 Å². The zero-order valence-corrected chi connectivity index (χ0v) is 5.54. The number of nitrogens with one attached hydrogen (secondary N) is 1. The van der Waals surface area contributed by atoms with Crippen molar-refractivity contribution in [2.24, 2.45) is 0 Å². The molecule has 10 heavy (non-hydrogen) atoms. The number of aromatic hydroxyl groups is 1. The average Bonchev–Trinajstić information content (AvgIpc) is 2.27. The largest absolute Gasteiger partial charge is 0.492 e. The summed E-state index contributed by atoms with van der Waals surface area (Å²) >= 11 is 0. The molecule has 2 N–H and O–H groups in total. The first-order chi connectivity index (χ1) is 4.86. The van der Waals surface area contributed by atoms with E-state index < -0.39 is 0 Å². The highest BCUT2D eigenvalue weighted by molar-refractivity contribution is 5.09. The number of rotatable bonds is 0. The first-order valence-corrected chi connectivity index (χ1v) is 3.32. The molecule has 1 aliphatic heterocycles. The quantitative estimate of drug-likeness (QED) is 0.518. The summed E-state index contributed by atoms with van der Waals surface area (Å²) in [5.41, 5.74) is 0. The maximum absolute atomic E-state index is 8.96. The molecular formula is C6H9N3O. The molecule has 1 aliphatic rings. The number of aromatic nitrogens is 2. The number of fused-ring (bicyclic) bond motifs is 1. The lowest BCUT2D eigenvalue weighted by molar-refractivity contribution is 0.455. The normalized spacial score (nSPS) is 16.8. The van der Waals surface area contributed by atoms with E-state index >= 15 is 0 Å². The van der Waals surface area contributed by atoms with Gasteiger partial charge in [-0.3, -0.25) is 0 Å². The Morgan fingerprint density at radius 2 is 2.60 bits per heavy atom. The fourth-order valence-electron chi connectivity index (χ4n) is 1.17. The van der Waals surface area contributed by atoms with E-state index in [1.54, 1.807) is 6.20 Å². The molecule has 1 aromatic rings. The van der Waals surface area contributed by atoms with Gasteiger partial charge in [-0.15, -0.1) is 0 Å². The van der Waals surface area contributed by atoms with Gasteiger partial charge < -0.3 is 15.0 Å². The van der Waals surface area contributed by atoms with Crippen LogP contribution in [0.1, 0.15) is 5.82 Å². The van der Waals surface area contributed by atoms with Gasteiger partial charge in [0.15, 0.2) is 0 Å². The highest BCUT2D eigenvalue weighted by atomic mass is 16.3. The molecule has 0 saturated heterocycles. The van der Waals surface area contributed by atoms with Gasteiger partial charge in [0.2, 0.25) is 5.88 Å². The molecule has 1 aromatic heterocycles. The zero-order valence-electron chi connectivity index (χ0n) is 5.54. The van der Waals surface area contributed by atoms with Gasteiger partial charge in [0.25, 0.3) is 0 Å². The summed E-state index contributed by atoms with van der Waals surface area (Å²) in [7, 11) is 0. The van der Waals surface area contributed by atoms with Crippen LogP contribution in [-0.2, 0) is 13.1 Å². The molecule has 0 atom stereocenters. The number of imidazole rings is 1. The van der Waals surface area contributed by atoms with Crippen molar-refractivity contribution in [1.82, 2.24) is 14.9 Å². The molecule has 0 bridgehead atoms. The fourth-order valence-corrected chi connectivity index (χ4v) is 1.17. The van der Waals surface area contributed by atoms with E-state index in [9.17, 15) is 0 Å². The molecule has 2 heterocycles. The van der Waals surface area contributed by atoms with Crippen LogP contribution in [0, 0.1) is 0 Å². The SMILES string of the molecule is Oc1cn2c(n1)CNCC2. The lowest BCUT2D eigenvalue weighted by atomic mass is 10.4. The molecule has 0 fully saturated rings. The van der Waals surface area contributed by atoms with E-state index in [4.69, 9.17) is 5.11 Å². The summed E-state index contributed by atoms with van der Waals surface area (Å²) < 4.78 is 1.96. The molecule has 0 saturated carbocycles. The Kier molecular flexibility index (Phi) is 1.14. The third-order valence-corrected chi connectivity index (χ3v) is 1.66. The van der Waals surface area contributed by atoms with Crippen molar-refractivity contribution in [2.75, 3.05) is 6.54 Å². The molecule has 4 nitrogen and oxygen atoms in total. The number of nitrogens with zero attached hydrogens (tertiary/aromatic N) is 2. The van der Waals surface area contributed by atoms with E-state index in [2.05, 4.69) is 10.3 Å². The predicted molar refractivity (Wildman–Crippen MR) is 35.6 cm³/mol. The molecule has 0 aliphatic carbocycles. The lowest BCUT2D eigenvalue weighted by Crippen LogP contribution is -2.27. The Hall–Kier alpha value is -1.03. The van der Waals surface area contributed by atoms with Gasteiger partial charge in [0.1, 0.15) is 5.82 Å². The Bertz CT molecular complexity index is 220. The molecule has 54 valence electrons. The second kappa shape index (κ2) is 1.98. The fraction of sp³-hybridized carbons (Fsp3) is 0.500. The van der Waals surface area contributed by atoms with Crippen LogP contribution < -0.4 is 5.32 Å². The van der Waals surface area contributed by atoms with Crippen molar-refractivity contribution in [3.63, 3.8) is 0 Å². The maximum atomic E-state index is 8.96. The smallest absolute Gasteiger partial charge is 0.229 e. The van der Waals surface area contributed by atoms with Gasteiger partial charge in [-0.1, -0.05) is 0 Å². The van der Waals surface area contributed by atoms with Crippen LogP contribution in [0.3, 0.4) is 0 Å². The summed E-state index contributed by atoms with van der Waals surface area (Å²) in [6.07, 6.45) is 1.66. The summed E-state index contributed by atoms with van der Waals surface area (Å²) in [4.78, 5) is 3.91. The van der Waals surface area contributed by atoms with Gasteiger partial charge in [0.05, 0.1) is 12.7 Å². The molecular weight excluding hydrogens is 130 g/mol. The third kappa shape index (κ3) is 0.769. The minimum Gasteiger partial charge on any atom is -0.492 e. The second-order valence-electron chi connectivity index (χ2n) is 2.39. The summed E-state index contributed by atoms with van der Waals surface area (Å²) in [6, 6.07) is 0. The van der Waals surface area contributed by atoms with Crippen LogP contribution in [0.4, 0.5) is 0 Å². The minimum absolute atomic E-state index is 0.124. The van der Waals surface area contributed by atoms with Gasteiger partial charge in [-0.2, -0.15) is 4.98 Å². The molecule has 0 radical (unpaired) electrons. The summed E-state index contributed by atoms with van der Waals surface area (Å²) in [5.74, 6) is 1.04. The first-order valence-electron chi connectivity index (χ1n) is 3.32. The van der Waals surface area contributed by atoms with Gasteiger partial charge in [0, 0.05) is 13.1 Å². The highest BCUT2D eigenvalue weighted by Gasteiger charge is 2.09. The van der Waals surface area contributed by atoms with Crippen LogP contribution in [0.25, 0.3) is 0 Å². The molecule has 2 rings (SSSR count). The topological polar surface area (TPSA) is 50.1 Å². The second-order valence-corrected chi connectivity index (χ2v) is 2.39. The molecule has 0 aromatic carbocycles. The Morgan fingerprint density at radius 1 is 1.70 bits per heavy atom. The van der Waals surface area contributed by atoms with E-state index in [0.717, 1.165) is 25.5 Å². The monoisotopic (exact) mass is 139 g/mol.